The normalized spacial score (nSPS) is 17.7. The van der Waals surface area contributed by atoms with Gasteiger partial charge in [0, 0.05) is 34.6 Å². The van der Waals surface area contributed by atoms with Crippen LogP contribution in [0.3, 0.4) is 0 Å². The number of halogens is 7. The maximum atomic E-state index is 14.5. The molecule has 0 unspecified atom stereocenters. The molecule has 4 rings (SSSR count). The number of benzene rings is 2. The molecule has 3 aromatic rings. The summed E-state index contributed by atoms with van der Waals surface area (Å²) in [7, 11) is 0. The highest BCUT2D eigenvalue weighted by Gasteiger charge is 2.44. The predicted octanol–water partition coefficient (Wildman–Crippen LogP) is 7.92. The zero-order valence-electron chi connectivity index (χ0n) is 22.7. The molecule has 0 spiro atoms. The van der Waals surface area contributed by atoms with Gasteiger partial charge in [-0.15, -0.1) is 0 Å². The number of carboxylic acid groups (broad SMARTS) is 1. The molecule has 0 saturated heterocycles. The topological polar surface area (TPSA) is 75.4 Å². The number of aromatic nitrogens is 2. The van der Waals surface area contributed by atoms with Crippen LogP contribution >= 0.6 is 23.2 Å². The molecule has 0 radical (unpaired) electrons. The summed E-state index contributed by atoms with van der Waals surface area (Å²) in [5, 5.41) is 13.8. The van der Waals surface area contributed by atoms with E-state index < -0.39 is 64.9 Å². The Morgan fingerprint density at radius 2 is 1.60 bits per heavy atom. The van der Waals surface area contributed by atoms with Gasteiger partial charge < -0.3 is 10.0 Å². The van der Waals surface area contributed by atoms with Gasteiger partial charge in [-0.2, -0.15) is 18.3 Å². The van der Waals surface area contributed by atoms with Crippen molar-refractivity contribution >= 4 is 35.1 Å². The molecule has 226 valence electrons. The van der Waals surface area contributed by atoms with Gasteiger partial charge >= 0.3 is 12.1 Å². The van der Waals surface area contributed by atoms with Crippen molar-refractivity contribution in [1.82, 2.24) is 14.7 Å². The average Bonchev–Trinajstić information content (AvgIpc) is 3.33. The van der Waals surface area contributed by atoms with Crippen LogP contribution in [0.4, 0.5) is 22.0 Å². The first-order valence-electron chi connectivity index (χ1n) is 13.1. The molecule has 1 aromatic heterocycles. The number of carbonyl (C=O) groups is 2. The smallest absolute Gasteiger partial charge is 0.433 e. The predicted molar refractivity (Wildman–Crippen MR) is 146 cm³/mol. The van der Waals surface area contributed by atoms with Gasteiger partial charge in [-0.25, -0.2) is 8.78 Å². The van der Waals surface area contributed by atoms with Crippen molar-refractivity contribution in [3.63, 3.8) is 0 Å². The van der Waals surface area contributed by atoms with E-state index >= 15 is 0 Å². The van der Waals surface area contributed by atoms with Crippen LogP contribution < -0.4 is 0 Å². The minimum absolute atomic E-state index is 0.0230. The zero-order chi connectivity index (χ0) is 31.0. The lowest BCUT2D eigenvalue weighted by molar-refractivity contribution is -0.147. The molecule has 1 heterocycles. The molecule has 0 atom stereocenters. The first-order valence-corrected chi connectivity index (χ1v) is 13.9. The van der Waals surface area contributed by atoms with E-state index in [1.165, 1.54) is 0 Å². The van der Waals surface area contributed by atoms with Crippen LogP contribution in [-0.4, -0.2) is 38.2 Å². The van der Waals surface area contributed by atoms with Crippen LogP contribution in [0.1, 0.15) is 72.8 Å². The van der Waals surface area contributed by atoms with E-state index in [0.717, 1.165) is 27.9 Å². The Balaban J connectivity index is 1.76. The number of carboxylic acids is 1. The first kappa shape index (κ1) is 31.7. The molecule has 1 amide bonds. The minimum atomic E-state index is -4.98. The summed E-state index contributed by atoms with van der Waals surface area (Å²) in [4.78, 5) is 26.3. The highest BCUT2D eigenvalue weighted by Crippen LogP contribution is 2.40. The molecule has 2 aromatic carbocycles. The van der Waals surface area contributed by atoms with E-state index in [1.54, 1.807) is 32.0 Å². The van der Waals surface area contributed by atoms with E-state index in [4.69, 9.17) is 23.2 Å². The van der Waals surface area contributed by atoms with Crippen LogP contribution in [0.5, 0.6) is 0 Å². The fourth-order valence-corrected chi connectivity index (χ4v) is 6.55. The highest BCUT2D eigenvalue weighted by atomic mass is 35.5. The number of nitrogens with zero attached hydrogens (tertiary/aromatic N) is 3. The summed E-state index contributed by atoms with van der Waals surface area (Å²) in [6.07, 6.45) is -3.53. The van der Waals surface area contributed by atoms with E-state index in [0.29, 0.717) is 11.6 Å². The molecule has 1 aliphatic rings. The molecule has 1 fully saturated rings. The monoisotopic (exact) mass is 631 g/mol. The van der Waals surface area contributed by atoms with E-state index in [1.807, 2.05) is 0 Å². The third kappa shape index (κ3) is 6.89. The van der Waals surface area contributed by atoms with Crippen LogP contribution in [0.15, 0.2) is 42.6 Å². The molecule has 0 bridgehead atoms. The van der Waals surface area contributed by atoms with Gasteiger partial charge in [-0.3, -0.25) is 14.3 Å². The molecule has 6 nitrogen and oxygen atoms in total. The standard InChI is InChI=1S/C29H28Cl2F5N3O3/c1-28(2,24-22(30)4-3-5-23(24)31)15-38(14-16-10-18(32)12-19(33)11-16)26(40)21-13-37-39(25(21)29(34,35)36)20-8-6-17(7-9-20)27(41)42/h3-5,10-13,17,20H,6-9,14-15H2,1-2H3,(H,41,42)/t17-,20-. The molecular weight excluding hydrogens is 604 g/mol. The number of carbonyl (C=O) groups excluding carboxylic acids is 1. The van der Waals surface area contributed by atoms with Crippen LogP contribution in [0.25, 0.3) is 0 Å². The van der Waals surface area contributed by atoms with Crippen LogP contribution in [0, 0.1) is 17.6 Å². The Morgan fingerprint density at radius 1 is 1.02 bits per heavy atom. The summed E-state index contributed by atoms with van der Waals surface area (Å²) in [5.74, 6) is -4.55. The Hall–Kier alpha value is -3.18. The van der Waals surface area contributed by atoms with Crippen LogP contribution in [0.2, 0.25) is 10.0 Å². The van der Waals surface area contributed by atoms with Crippen molar-refractivity contribution in [2.24, 2.45) is 5.92 Å². The number of amides is 1. The quantitative estimate of drug-likeness (QED) is 0.256. The second-order valence-corrected chi connectivity index (χ2v) is 11.9. The van der Waals surface area contributed by atoms with E-state index in [-0.39, 0.29) is 47.8 Å². The Labute approximate surface area is 249 Å². The van der Waals surface area contributed by atoms with Crippen molar-refractivity contribution in [3.8, 4) is 0 Å². The molecule has 1 saturated carbocycles. The number of aliphatic carboxylic acids is 1. The highest BCUT2D eigenvalue weighted by molar-refractivity contribution is 6.36. The molecule has 1 N–H and O–H groups in total. The third-order valence-electron chi connectivity index (χ3n) is 7.49. The SMILES string of the molecule is CC(C)(CN(Cc1cc(F)cc(F)c1)C(=O)c1cnn([C@H]2CC[C@H](C(=O)O)CC2)c1C(F)(F)F)c1c(Cl)cccc1Cl. The summed E-state index contributed by atoms with van der Waals surface area (Å²) in [6, 6.07) is 6.67. The van der Waals surface area contributed by atoms with E-state index in [2.05, 4.69) is 5.10 Å². The molecule has 42 heavy (non-hydrogen) atoms. The number of hydrogen-bond acceptors (Lipinski definition) is 3. The summed E-state index contributed by atoms with van der Waals surface area (Å²) >= 11 is 12.8. The van der Waals surface area contributed by atoms with Gasteiger partial charge in [-0.1, -0.05) is 43.1 Å². The second-order valence-electron chi connectivity index (χ2n) is 11.1. The number of alkyl halides is 3. The maximum absolute atomic E-state index is 14.5. The largest absolute Gasteiger partial charge is 0.481 e. The number of rotatable bonds is 8. The zero-order valence-corrected chi connectivity index (χ0v) is 24.2. The van der Waals surface area contributed by atoms with Crippen molar-refractivity contribution < 1.29 is 36.6 Å². The van der Waals surface area contributed by atoms with Crippen molar-refractivity contribution in [1.29, 1.82) is 0 Å². The third-order valence-corrected chi connectivity index (χ3v) is 8.12. The van der Waals surface area contributed by atoms with Crippen molar-refractivity contribution in [2.45, 2.75) is 63.7 Å². The minimum Gasteiger partial charge on any atom is -0.481 e. The van der Waals surface area contributed by atoms with Gasteiger partial charge in [0.25, 0.3) is 5.91 Å². The van der Waals surface area contributed by atoms with Crippen LogP contribution in [-0.2, 0) is 22.9 Å². The summed E-state index contributed by atoms with van der Waals surface area (Å²) in [5.41, 5.74) is -2.55. The Kier molecular flexibility index (Phi) is 9.22. The molecule has 1 aliphatic carbocycles. The van der Waals surface area contributed by atoms with Gasteiger partial charge in [0.05, 0.1) is 23.7 Å². The second kappa shape index (κ2) is 12.2. The maximum Gasteiger partial charge on any atom is 0.433 e. The Morgan fingerprint density at radius 3 is 2.12 bits per heavy atom. The molecular formula is C29H28Cl2F5N3O3. The van der Waals surface area contributed by atoms with Crippen molar-refractivity contribution in [3.05, 3.63) is 86.7 Å². The fraction of sp³-hybridized carbons (Fsp3) is 0.414. The summed E-state index contributed by atoms with van der Waals surface area (Å²) in [6.45, 7) is 2.74. The lowest BCUT2D eigenvalue weighted by atomic mass is 9.83. The molecule has 13 heteroatoms. The van der Waals surface area contributed by atoms with Gasteiger partial charge in [0.1, 0.15) is 11.6 Å². The molecule has 0 aliphatic heterocycles. The Bertz CT molecular complexity index is 1440. The van der Waals surface area contributed by atoms with E-state index in [9.17, 15) is 36.6 Å². The average molecular weight is 632 g/mol. The lowest BCUT2D eigenvalue weighted by Crippen LogP contribution is -2.41. The lowest BCUT2D eigenvalue weighted by Gasteiger charge is -2.34. The van der Waals surface area contributed by atoms with Gasteiger partial charge in [0.15, 0.2) is 5.69 Å². The summed E-state index contributed by atoms with van der Waals surface area (Å²) < 4.78 is 72.4. The fourth-order valence-electron chi connectivity index (χ4n) is 5.64. The van der Waals surface area contributed by atoms with Gasteiger partial charge in [-0.05, 0) is 61.1 Å². The van der Waals surface area contributed by atoms with Crippen molar-refractivity contribution in [2.75, 3.05) is 6.54 Å². The van der Waals surface area contributed by atoms with Gasteiger partial charge in [0.2, 0.25) is 0 Å². The first-order chi connectivity index (χ1) is 19.6. The number of hydrogen-bond donors (Lipinski definition) is 1.